The number of nitrogens with one attached hydrogen (secondary N) is 1. The number of hydrogen-bond donors (Lipinski definition) is 2. The van der Waals surface area contributed by atoms with Gasteiger partial charge in [0.15, 0.2) is 0 Å². The van der Waals surface area contributed by atoms with Gasteiger partial charge in [-0.05, 0) is 31.7 Å². The van der Waals surface area contributed by atoms with Gasteiger partial charge in [-0.1, -0.05) is 33.1 Å². The summed E-state index contributed by atoms with van der Waals surface area (Å²) in [5, 5.41) is 13.3. The van der Waals surface area contributed by atoms with Crippen molar-refractivity contribution in [3.05, 3.63) is 0 Å². The van der Waals surface area contributed by atoms with Crippen LogP contribution in [0.25, 0.3) is 0 Å². The minimum Gasteiger partial charge on any atom is -0.389 e. The average Bonchev–Trinajstić information content (AvgIpc) is 2.00. The van der Waals surface area contributed by atoms with E-state index in [-0.39, 0.29) is 0 Å². The standard InChI is InChI=1S/C12H25NO/c1-10(2)12(3,14)9-13-8-7-11-5-4-6-11/h10-11,13-14H,4-9H2,1-3H3. The lowest BCUT2D eigenvalue weighted by Crippen LogP contribution is -2.42. The molecule has 0 radical (unpaired) electrons. The molecule has 1 unspecified atom stereocenters. The molecule has 2 N–H and O–H groups in total. The van der Waals surface area contributed by atoms with Crippen LogP contribution in [0.2, 0.25) is 0 Å². The quantitative estimate of drug-likeness (QED) is 0.643. The lowest BCUT2D eigenvalue weighted by Gasteiger charge is -2.29. The summed E-state index contributed by atoms with van der Waals surface area (Å²) in [4.78, 5) is 0. The van der Waals surface area contributed by atoms with Crippen molar-refractivity contribution in [2.24, 2.45) is 11.8 Å². The van der Waals surface area contributed by atoms with E-state index in [1.54, 1.807) is 0 Å². The van der Waals surface area contributed by atoms with Crippen molar-refractivity contribution in [3.8, 4) is 0 Å². The summed E-state index contributed by atoms with van der Waals surface area (Å²) < 4.78 is 0. The molecule has 0 saturated heterocycles. The van der Waals surface area contributed by atoms with E-state index in [1.807, 2.05) is 6.92 Å². The molecule has 2 nitrogen and oxygen atoms in total. The van der Waals surface area contributed by atoms with Crippen molar-refractivity contribution in [1.82, 2.24) is 5.32 Å². The maximum absolute atomic E-state index is 9.97. The molecule has 0 aromatic carbocycles. The topological polar surface area (TPSA) is 32.3 Å². The lowest BCUT2D eigenvalue weighted by atomic mass is 9.83. The monoisotopic (exact) mass is 199 g/mol. The minimum absolute atomic E-state index is 0.318. The number of rotatable bonds is 6. The van der Waals surface area contributed by atoms with E-state index in [9.17, 15) is 5.11 Å². The Bertz CT molecular complexity index is 162. The molecule has 1 fully saturated rings. The zero-order valence-electron chi connectivity index (χ0n) is 9.84. The van der Waals surface area contributed by atoms with Crippen LogP contribution in [-0.2, 0) is 0 Å². The molecule has 0 amide bonds. The van der Waals surface area contributed by atoms with Crippen LogP contribution in [0.1, 0.15) is 46.5 Å². The predicted molar refractivity (Wildman–Crippen MR) is 60.3 cm³/mol. The van der Waals surface area contributed by atoms with E-state index in [4.69, 9.17) is 0 Å². The Balaban J connectivity index is 2.01. The fraction of sp³-hybridized carbons (Fsp3) is 1.00. The van der Waals surface area contributed by atoms with Crippen LogP contribution < -0.4 is 5.32 Å². The second kappa shape index (κ2) is 5.13. The molecule has 0 heterocycles. The summed E-state index contributed by atoms with van der Waals surface area (Å²) in [6, 6.07) is 0. The van der Waals surface area contributed by atoms with Gasteiger partial charge in [-0.3, -0.25) is 0 Å². The van der Waals surface area contributed by atoms with Crippen molar-refractivity contribution >= 4 is 0 Å². The van der Waals surface area contributed by atoms with Crippen molar-refractivity contribution in [2.75, 3.05) is 13.1 Å². The van der Waals surface area contributed by atoms with Gasteiger partial charge in [-0.2, -0.15) is 0 Å². The highest BCUT2D eigenvalue weighted by atomic mass is 16.3. The van der Waals surface area contributed by atoms with Gasteiger partial charge in [0.05, 0.1) is 5.60 Å². The van der Waals surface area contributed by atoms with Gasteiger partial charge in [0, 0.05) is 6.54 Å². The Labute approximate surface area is 88.1 Å². The molecule has 0 aliphatic heterocycles. The first-order valence-corrected chi connectivity index (χ1v) is 5.95. The molecule has 0 bridgehead atoms. The van der Waals surface area contributed by atoms with Crippen LogP contribution >= 0.6 is 0 Å². The second-order valence-electron chi connectivity index (χ2n) is 5.27. The van der Waals surface area contributed by atoms with Crippen LogP contribution in [0.3, 0.4) is 0 Å². The maximum atomic E-state index is 9.97. The molecule has 1 rings (SSSR count). The highest BCUT2D eigenvalue weighted by Crippen LogP contribution is 2.28. The van der Waals surface area contributed by atoms with Crippen molar-refractivity contribution in [1.29, 1.82) is 0 Å². The van der Waals surface area contributed by atoms with Gasteiger partial charge >= 0.3 is 0 Å². The first kappa shape index (κ1) is 12.0. The van der Waals surface area contributed by atoms with Crippen LogP contribution in [0.15, 0.2) is 0 Å². The van der Waals surface area contributed by atoms with Crippen LogP contribution in [0.5, 0.6) is 0 Å². The minimum atomic E-state index is -0.556. The zero-order chi connectivity index (χ0) is 10.6. The molecule has 84 valence electrons. The SMILES string of the molecule is CC(C)C(C)(O)CNCCC1CCC1. The molecule has 0 aromatic heterocycles. The Morgan fingerprint density at radius 3 is 2.50 bits per heavy atom. The first-order valence-electron chi connectivity index (χ1n) is 5.95. The number of aliphatic hydroxyl groups is 1. The summed E-state index contributed by atoms with van der Waals surface area (Å²) >= 11 is 0. The van der Waals surface area contributed by atoms with Crippen molar-refractivity contribution in [3.63, 3.8) is 0 Å². The van der Waals surface area contributed by atoms with E-state index < -0.39 is 5.60 Å². The molecule has 1 atom stereocenters. The molecule has 14 heavy (non-hydrogen) atoms. The third-order valence-corrected chi connectivity index (χ3v) is 3.68. The Morgan fingerprint density at radius 1 is 1.43 bits per heavy atom. The van der Waals surface area contributed by atoms with Gasteiger partial charge in [0.2, 0.25) is 0 Å². The van der Waals surface area contributed by atoms with Crippen LogP contribution in [-0.4, -0.2) is 23.8 Å². The van der Waals surface area contributed by atoms with Gasteiger partial charge < -0.3 is 10.4 Å². The van der Waals surface area contributed by atoms with Crippen LogP contribution in [0.4, 0.5) is 0 Å². The number of hydrogen-bond acceptors (Lipinski definition) is 2. The molecular formula is C12H25NO. The molecule has 0 spiro atoms. The molecule has 0 aromatic rings. The van der Waals surface area contributed by atoms with Gasteiger partial charge in [-0.15, -0.1) is 0 Å². The summed E-state index contributed by atoms with van der Waals surface area (Å²) in [5.41, 5.74) is -0.556. The molecule has 1 saturated carbocycles. The van der Waals surface area contributed by atoms with Gasteiger partial charge in [0.25, 0.3) is 0 Å². The Hall–Kier alpha value is -0.0800. The van der Waals surface area contributed by atoms with E-state index >= 15 is 0 Å². The molecule has 1 aliphatic carbocycles. The predicted octanol–water partition coefficient (Wildman–Crippen LogP) is 2.17. The van der Waals surface area contributed by atoms with E-state index in [1.165, 1.54) is 25.7 Å². The molecular weight excluding hydrogens is 174 g/mol. The highest BCUT2D eigenvalue weighted by molar-refractivity contribution is 4.79. The summed E-state index contributed by atoms with van der Waals surface area (Å²) in [6.45, 7) is 7.82. The summed E-state index contributed by atoms with van der Waals surface area (Å²) in [5.74, 6) is 1.28. The normalized spacial score (nSPS) is 22.1. The molecule has 1 aliphatic rings. The second-order valence-corrected chi connectivity index (χ2v) is 5.27. The first-order chi connectivity index (χ1) is 6.52. The molecule has 2 heteroatoms. The third kappa shape index (κ3) is 3.58. The summed E-state index contributed by atoms with van der Waals surface area (Å²) in [6.07, 6.45) is 5.55. The van der Waals surface area contributed by atoms with E-state index in [2.05, 4.69) is 19.2 Å². The summed E-state index contributed by atoms with van der Waals surface area (Å²) in [7, 11) is 0. The fourth-order valence-electron chi connectivity index (χ4n) is 1.63. The zero-order valence-corrected chi connectivity index (χ0v) is 9.84. The lowest BCUT2D eigenvalue weighted by molar-refractivity contribution is 0.0139. The van der Waals surface area contributed by atoms with Crippen molar-refractivity contribution in [2.45, 2.75) is 52.1 Å². The largest absolute Gasteiger partial charge is 0.389 e. The van der Waals surface area contributed by atoms with E-state index in [0.717, 1.165) is 19.0 Å². The highest BCUT2D eigenvalue weighted by Gasteiger charge is 2.24. The van der Waals surface area contributed by atoms with Gasteiger partial charge in [0.1, 0.15) is 0 Å². The Kier molecular flexibility index (Phi) is 4.39. The fourth-order valence-corrected chi connectivity index (χ4v) is 1.63. The Morgan fingerprint density at radius 2 is 2.07 bits per heavy atom. The third-order valence-electron chi connectivity index (χ3n) is 3.68. The maximum Gasteiger partial charge on any atom is 0.0766 e. The average molecular weight is 199 g/mol. The van der Waals surface area contributed by atoms with Crippen LogP contribution in [0, 0.1) is 11.8 Å². The smallest absolute Gasteiger partial charge is 0.0766 e. The van der Waals surface area contributed by atoms with Crippen molar-refractivity contribution < 1.29 is 5.11 Å². The van der Waals surface area contributed by atoms with Gasteiger partial charge in [-0.25, -0.2) is 0 Å². The van der Waals surface area contributed by atoms with E-state index in [0.29, 0.717) is 5.92 Å².